The summed E-state index contributed by atoms with van der Waals surface area (Å²) in [6.07, 6.45) is 1.49. The molecule has 9 nitrogen and oxygen atoms in total. The molecule has 0 amide bonds. The Labute approximate surface area is 119 Å². The SMILES string of the molecule is COc1cc(N)c(-c2nc(-c3cn[nH]n3)no2)cc1OC. The summed E-state index contributed by atoms with van der Waals surface area (Å²) >= 11 is 0. The molecule has 1 aromatic carbocycles. The van der Waals surface area contributed by atoms with Gasteiger partial charge in [0, 0.05) is 11.8 Å². The fourth-order valence-electron chi connectivity index (χ4n) is 1.83. The maximum absolute atomic E-state index is 5.98. The van der Waals surface area contributed by atoms with Crippen molar-refractivity contribution >= 4 is 5.69 Å². The number of rotatable bonds is 4. The van der Waals surface area contributed by atoms with Crippen LogP contribution in [0, 0.1) is 0 Å². The fraction of sp³-hybridized carbons (Fsp3) is 0.167. The molecule has 3 rings (SSSR count). The third-order valence-electron chi connectivity index (χ3n) is 2.86. The van der Waals surface area contributed by atoms with E-state index in [1.54, 1.807) is 12.1 Å². The van der Waals surface area contributed by atoms with Gasteiger partial charge in [0.15, 0.2) is 17.2 Å². The van der Waals surface area contributed by atoms with Gasteiger partial charge in [0.1, 0.15) is 0 Å². The average Bonchev–Trinajstić information content (AvgIpc) is 3.17. The summed E-state index contributed by atoms with van der Waals surface area (Å²) in [5, 5.41) is 13.9. The highest BCUT2D eigenvalue weighted by Gasteiger charge is 2.17. The number of nitrogens with zero attached hydrogens (tertiary/aromatic N) is 4. The Morgan fingerprint density at radius 1 is 1.19 bits per heavy atom. The van der Waals surface area contributed by atoms with E-state index in [0.717, 1.165) is 0 Å². The number of aromatic nitrogens is 5. The van der Waals surface area contributed by atoms with Gasteiger partial charge in [-0.05, 0) is 6.07 Å². The second-order valence-electron chi connectivity index (χ2n) is 4.07. The molecule has 0 saturated carbocycles. The van der Waals surface area contributed by atoms with Crippen LogP contribution < -0.4 is 15.2 Å². The van der Waals surface area contributed by atoms with E-state index in [1.165, 1.54) is 20.4 Å². The summed E-state index contributed by atoms with van der Waals surface area (Å²) in [7, 11) is 3.07. The number of methoxy groups -OCH3 is 2. The first-order chi connectivity index (χ1) is 10.2. The number of H-pyrrole nitrogens is 1. The van der Waals surface area contributed by atoms with Crippen molar-refractivity contribution in [1.29, 1.82) is 0 Å². The summed E-state index contributed by atoms with van der Waals surface area (Å²) in [4.78, 5) is 4.24. The van der Waals surface area contributed by atoms with E-state index < -0.39 is 0 Å². The molecule has 0 spiro atoms. The molecule has 2 aromatic heterocycles. The van der Waals surface area contributed by atoms with Crippen molar-refractivity contribution in [3.05, 3.63) is 18.3 Å². The van der Waals surface area contributed by atoms with E-state index in [4.69, 9.17) is 19.7 Å². The van der Waals surface area contributed by atoms with E-state index in [2.05, 4.69) is 25.6 Å². The minimum Gasteiger partial charge on any atom is -0.493 e. The van der Waals surface area contributed by atoms with Crippen LogP contribution in [0.4, 0.5) is 5.69 Å². The number of hydrogen-bond donors (Lipinski definition) is 2. The van der Waals surface area contributed by atoms with Crippen LogP contribution in [0.3, 0.4) is 0 Å². The molecule has 0 unspecified atom stereocenters. The van der Waals surface area contributed by atoms with E-state index in [-0.39, 0.29) is 5.89 Å². The number of benzene rings is 1. The Morgan fingerprint density at radius 2 is 1.95 bits per heavy atom. The van der Waals surface area contributed by atoms with Crippen molar-refractivity contribution in [3.8, 4) is 34.5 Å². The number of anilines is 1. The van der Waals surface area contributed by atoms with Crippen LogP contribution >= 0.6 is 0 Å². The molecular weight excluding hydrogens is 276 g/mol. The number of nitrogen functional groups attached to an aromatic ring is 1. The summed E-state index contributed by atoms with van der Waals surface area (Å²) in [5.41, 5.74) is 7.44. The second kappa shape index (κ2) is 5.12. The molecule has 9 heteroatoms. The molecule has 0 aliphatic heterocycles. The van der Waals surface area contributed by atoms with Crippen LogP contribution in [0.25, 0.3) is 23.0 Å². The Bertz CT molecular complexity index is 752. The average molecular weight is 288 g/mol. The molecule has 2 heterocycles. The standard InChI is InChI=1S/C12H12N6O3/c1-19-9-3-6(7(13)4-10(9)20-2)12-15-11(17-21-12)8-5-14-18-16-8/h3-5H,13H2,1-2H3,(H,14,16,18). The maximum atomic E-state index is 5.98. The van der Waals surface area contributed by atoms with E-state index in [0.29, 0.717) is 34.3 Å². The zero-order valence-corrected chi connectivity index (χ0v) is 11.3. The highest BCUT2D eigenvalue weighted by molar-refractivity contribution is 5.75. The fourth-order valence-corrected chi connectivity index (χ4v) is 1.83. The molecule has 0 saturated heterocycles. The summed E-state index contributed by atoms with van der Waals surface area (Å²) in [5.74, 6) is 1.61. The Morgan fingerprint density at radius 3 is 2.62 bits per heavy atom. The molecule has 0 aliphatic carbocycles. The quantitative estimate of drug-likeness (QED) is 0.684. The first-order valence-corrected chi connectivity index (χ1v) is 5.94. The van der Waals surface area contributed by atoms with E-state index in [9.17, 15) is 0 Å². The van der Waals surface area contributed by atoms with E-state index in [1.807, 2.05) is 0 Å². The van der Waals surface area contributed by atoms with Gasteiger partial charge in [0.2, 0.25) is 5.82 Å². The van der Waals surface area contributed by atoms with Gasteiger partial charge in [-0.1, -0.05) is 5.16 Å². The maximum Gasteiger partial charge on any atom is 0.260 e. The zero-order chi connectivity index (χ0) is 14.8. The van der Waals surface area contributed by atoms with Crippen molar-refractivity contribution in [1.82, 2.24) is 25.6 Å². The number of nitrogens with one attached hydrogen (secondary N) is 1. The molecule has 108 valence electrons. The lowest BCUT2D eigenvalue weighted by atomic mass is 10.1. The van der Waals surface area contributed by atoms with Crippen molar-refractivity contribution in [2.45, 2.75) is 0 Å². The summed E-state index contributed by atoms with van der Waals surface area (Å²) < 4.78 is 15.6. The van der Waals surface area contributed by atoms with Gasteiger partial charge in [-0.2, -0.15) is 20.4 Å². The number of hydrogen-bond acceptors (Lipinski definition) is 8. The van der Waals surface area contributed by atoms with Crippen molar-refractivity contribution in [3.63, 3.8) is 0 Å². The zero-order valence-electron chi connectivity index (χ0n) is 11.3. The highest BCUT2D eigenvalue weighted by atomic mass is 16.5. The van der Waals surface area contributed by atoms with Gasteiger partial charge in [0.05, 0.1) is 26.0 Å². The van der Waals surface area contributed by atoms with Gasteiger partial charge in [-0.15, -0.1) is 0 Å². The Hall–Kier alpha value is -3.10. The molecule has 0 atom stereocenters. The van der Waals surface area contributed by atoms with Crippen LogP contribution in [0.1, 0.15) is 0 Å². The van der Waals surface area contributed by atoms with Gasteiger partial charge in [0.25, 0.3) is 5.89 Å². The first-order valence-electron chi connectivity index (χ1n) is 5.94. The lowest BCUT2D eigenvalue weighted by Crippen LogP contribution is -1.96. The highest BCUT2D eigenvalue weighted by Crippen LogP contribution is 2.36. The van der Waals surface area contributed by atoms with Crippen molar-refractivity contribution in [2.75, 3.05) is 20.0 Å². The van der Waals surface area contributed by atoms with Crippen LogP contribution in [-0.2, 0) is 0 Å². The van der Waals surface area contributed by atoms with Gasteiger partial charge >= 0.3 is 0 Å². The smallest absolute Gasteiger partial charge is 0.260 e. The normalized spacial score (nSPS) is 10.6. The van der Waals surface area contributed by atoms with Gasteiger partial charge < -0.3 is 19.7 Å². The topological polar surface area (TPSA) is 125 Å². The van der Waals surface area contributed by atoms with Crippen LogP contribution in [0.2, 0.25) is 0 Å². The van der Waals surface area contributed by atoms with Crippen molar-refractivity contribution < 1.29 is 14.0 Å². The van der Waals surface area contributed by atoms with Crippen molar-refractivity contribution in [2.24, 2.45) is 0 Å². The molecule has 0 aliphatic rings. The molecular formula is C12H12N6O3. The predicted octanol–water partition coefficient (Wildman–Crippen LogP) is 1.12. The molecule has 0 fully saturated rings. The molecule has 0 radical (unpaired) electrons. The molecule has 3 N–H and O–H groups in total. The molecule has 3 aromatic rings. The largest absolute Gasteiger partial charge is 0.493 e. The summed E-state index contributed by atoms with van der Waals surface area (Å²) in [6.45, 7) is 0. The van der Waals surface area contributed by atoms with E-state index >= 15 is 0 Å². The van der Waals surface area contributed by atoms with Gasteiger partial charge in [-0.25, -0.2) is 0 Å². The molecule has 21 heavy (non-hydrogen) atoms. The van der Waals surface area contributed by atoms with Crippen LogP contribution in [0.5, 0.6) is 11.5 Å². The summed E-state index contributed by atoms with van der Waals surface area (Å²) in [6, 6.07) is 3.31. The minimum absolute atomic E-state index is 0.256. The third-order valence-corrected chi connectivity index (χ3v) is 2.86. The number of aromatic amines is 1. The first kappa shape index (κ1) is 12.9. The second-order valence-corrected chi connectivity index (χ2v) is 4.07. The third kappa shape index (κ3) is 2.24. The Kier molecular flexibility index (Phi) is 3.14. The Balaban J connectivity index is 2.04. The lowest BCUT2D eigenvalue weighted by Gasteiger charge is -2.10. The lowest BCUT2D eigenvalue weighted by molar-refractivity contribution is 0.355. The van der Waals surface area contributed by atoms with Crippen LogP contribution in [0.15, 0.2) is 22.9 Å². The molecule has 0 bridgehead atoms. The number of nitrogens with two attached hydrogens (primary N) is 1. The van der Waals surface area contributed by atoms with Crippen LogP contribution in [-0.4, -0.2) is 39.8 Å². The van der Waals surface area contributed by atoms with Gasteiger partial charge in [-0.3, -0.25) is 0 Å². The monoisotopic (exact) mass is 288 g/mol. The minimum atomic E-state index is 0.256. The predicted molar refractivity (Wildman–Crippen MR) is 72.6 cm³/mol. The number of ether oxygens (including phenoxy) is 2.